The number of carboxylic acids is 1. The van der Waals surface area contributed by atoms with E-state index >= 15 is 0 Å². The summed E-state index contributed by atoms with van der Waals surface area (Å²) in [7, 11) is 5.94. The fourth-order valence-electron chi connectivity index (χ4n) is 7.82. The molecule has 0 fully saturated rings. The highest BCUT2D eigenvalue weighted by Gasteiger charge is 2.25. The molecule has 0 aromatic heterocycles. The molecule has 0 aromatic carbocycles. The van der Waals surface area contributed by atoms with Crippen molar-refractivity contribution < 1.29 is 42.9 Å². The molecule has 73 heavy (non-hydrogen) atoms. The first-order valence-electron chi connectivity index (χ1n) is 29.4. The molecule has 0 aliphatic heterocycles. The second kappa shape index (κ2) is 54.5. The van der Waals surface area contributed by atoms with Crippen molar-refractivity contribution in [1.29, 1.82) is 0 Å². The van der Waals surface area contributed by atoms with Gasteiger partial charge in [0.2, 0.25) is 0 Å². The molecule has 418 valence electrons. The Hall–Kier alpha value is -3.79. The third-order valence-electron chi connectivity index (χ3n) is 12.3. The van der Waals surface area contributed by atoms with Crippen LogP contribution in [0.5, 0.6) is 0 Å². The van der Waals surface area contributed by atoms with Crippen LogP contribution in [0.1, 0.15) is 232 Å². The molecule has 0 aliphatic carbocycles. The molecular weight excluding hydrogens is 911 g/mol. The minimum Gasteiger partial charge on any atom is -0.477 e. The number of nitrogens with zero attached hydrogens (tertiary/aromatic N) is 1. The summed E-state index contributed by atoms with van der Waals surface area (Å²) in [6.45, 7) is 4.68. The molecular formula is C64H110NO8+. The lowest BCUT2D eigenvalue weighted by molar-refractivity contribution is -0.870. The zero-order valence-corrected chi connectivity index (χ0v) is 47.5. The number of carbonyl (C=O) groups is 3. The molecule has 1 N–H and O–H groups in total. The Morgan fingerprint density at radius 1 is 0.425 bits per heavy atom. The molecule has 0 amide bonds. The molecule has 0 saturated heterocycles. The van der Waals surface area contributed by atoms with Crippen LogP contribution in [0.3, 0.4) is 0 Å². The van der Waals surface area contributed by atoms with E-state index in [-0.39, 0.29) is 38.6 Å². The van der Waals surface area contributed by atoms with Crippen LogP contribution in [-0.2, 0) is 33.3 Å². The smallest absolute Gasteiger partial charge is 0.361 e. The second-order valence-corrected chi connectivity index (χ2v) is 20.6. The number of rotatable bonds is 53. The van der Waals surface area contributed by atoms with Gasteiger partial charge in [-0.3, -0.25) is 9.59 Å². The molecule has 0 aromatic rings. The van der Waals surface area contributed by atoms with Crippen LogP contribution in [0.15, 0.2) is 97.2 Å². The summed E-state index contributed by atoms with van der Waals surface area (Å²) < 4.78 is 22.8. The summed E-state index contributed by atoms with van der Waals surface area (Å²) >= 11 is 0. The van der Waals surface area contributed by atoms with Gasteiger partial charge in [0.1, 0.15) is 13.2 Å². The van der Waals surface area contributed by atoms with E-state index in [0.29, 0.717) is 17.4 Å². The molecule has 0 heterocycles. The predicted molar refractivity (Wildman–Crippen MR) is 309 cm³/mol. The van der Waals surface area contributed by atoms with Gasteiger partial charge in [-0.05, 0) is 89.9 Å². The van der Waals surface area contributed by atoms with Gasteiger partial charge in [0.15, 0.2) is 6.10 Å². The van der Waals surface area contributed by atoms with E-state index in [4.69, 9.17) is 18.9 Å². The number of unbranched alkanes of at least 4 members (excludes halogenated alkanes) is 22. The molecule has 0 aliphatic rings. The first-order valence-corrected chi connectivity index (χ1v) is 29.4. The van der Waals surface area contributed by atoms with Gasteiger partial charge in [-0.1, -0.05) is 227 Å². The van der Waals surface area contributed by atoms with Crippen LogP contribution in [0.4, 0.5) is 0 Å². The minimum atomic E-state index is -1.53. The highest BCUT2D eigenvalue weighted by atomic mass is 16.7. The molecule has 0 spiro atoms. The normalized spacial score (nSPS) is 13.5. The van der Waals surface area contributed by atoms with E-state index in [9.17, 15) is 19.5 Å². The van der Waals surface area contributed by atoms with E-state index in [0.717, 1.165) is 70.6 Å². The minimum absolute atomic E-state index is 0.173. The maximum atomic E-state index is 12.8. The Labute approximate surface area is 448 Å². The average molecular weight is 1020 g/mol. The standard InChI is InChI=1S/C64H109NO8/c1-6-8-10-12-14-16-18-20-22-24-25-26-27-28-29-30-31-32-33-34-35-36-37-39-40-42-44-46-48-50-52-54-61(66)71-58-60(59-72-64(63(68)69)70-57-56-65(3,4)5)73-62(67)55-53-51-49-47-45-43-41-38-23-21-19-17-15-13-11-9-7-2/h9,11,15,17-18,20-21,23-25,27-28,41,43,47,49,60,64H,6-8,10,12-14,16,19,22,26,29-40,42,44-46,48,50-59H2,1-5H3/p+1/b11-9-,17-15-,20-18-,23-21-,25-24-,28-27-,43-41-,49-47-. The van der Waals surface area contributed by atoms with Crippen LogP contribution in [0, 0.1) is 0 Å². The summed E-state index contributed by atoms with van der Waals surface area (Å²) in [6.07, 6.45) is 70.8. The van der Waals surface area contributed by atoms with Crippen LogP contribution in [-0.4, -0.2) is 87.4 Å². The average Bonchev–Trinajstić information content (AvgIpc) is 3.36. The number of hydrogen-bond acceptors (Lipinski definition) is 7. The zero-order chi connectivity index (χ0) is 53.4. The molecule has 0 rings (SSSR count). The maximum absolute atomic E-state index is 12.8. The molecule has 9 nitrogen and oxygen atoms in total. The lowest BCUT2D eigenvalue weighted by Crippen LogP contribution is -2.40. The highest BCUT2D eigenvalue weighted by molar-refractivity contribution is 5.71. The van der Waals surface area contributed by atoms with Gasteiger partial charge in [-0.2, -0.15) is 0 Å². The van der Waals surface area contributed by atoms with Gasteiger partial charge >= 0.3 is 17.9 Å². The molecule has 9 heteroatoms. The second-order valence-electron chi connectivity index (χ2n) is 20.6. The molecule has 0 bridgehead atoms. The number of carbonyl (C=O) groups excluding carboxylic acids is 2. The van der Waals surface area contributed by atoms with Crippen LogP contribution in [0.2, 0.25) is 0 Å². The van der Waals surface area contributed by atoms with E-state index in [1.54, 1.807) is 0 Å². The van der Waals surface area contributed by atoms with Gasteiger partial charge < -0.3 is 28.5 Å². The van der Waals surface area contributed by atoms with Crippen molar-refractivity contribution in [3.8, 4) is 0 Å². The van der Waals surface area contributed by atoms with E-state index < -0.39 is 24.3 Å². The third kappa shape index (κ3) is 55.8. The SMILES string of the molecule is CC/C=C\C/C=C\C/C=C\C/C=C\C/C=C\CCCC(=O)OC(COC(=O)CCCCCCCCCCCCCCCCCC/C=C\C/C=C\C/C=C\CCCCCCC)COC(OCC[N+](C)(C)C)C(=O)O. The van der Waals surface area contributed by atoms with Crippen molar-refractivity contribution in [1.82, 2.24) is 0 Å². The topological polar surface area (TPSA) is 108 Å². The Balaban J connectivity index is 4.20. The van der Waals surface area contributed by atoms with Gasteiger partial charge in [0, 0.05) is 12.8 Å². The van der Waals surface area contributed by atoms with Crippen LogP contribution >= 0.6 is 0 Å². The van der Waals surface area contributed by atoms with Gasteiger partial charge in [0.05, 0.1) is 34.4 Å². The van der Waals surface area contributed by atoms with Crippen LogP contribution < -0.4 is 0 Å². The summed E-state index contributed by atoms with van der Waals surface area (Å²) in [6, 6.07) is 0. The number of hydrogen-bond donors (Lipinski definition) is 1. The number of quaternary nitrogens is 1. The quantitative estimate of drug-likeness (QED) is 0.0211. The number of allylic oxidation sites excluding steroid dienone is 16. The Morgan fingerprint density at radius 3 is 1.21 bits per heavy atom. The predicted octanol–water partition coefficient (Wildman–Crippen LogP) is 17.3. The van der Waals surface area contributed by atoms with E-state index in [1.807, 2.05) is 21.1 Å². The number of esters is 2. The summed E-state index contributed by atoms with van der Waals surface area (Å²) in [5.41, 5.74) is 0. The number of carboxylic acid groups (broad SMARTS) is 1. The van der Waals surface area contributed by atoms with Gasteiger partial charge in [-0.15, -0.1) is 0 Å². The third-order valence-corrected chi connectivity index (χ3v) is 12.3. The Morgan fingerprint density at radius 2 is 0.795 bits per heavy atom. The molecule has 0 saturated carbocycles. The van der Waals surface area contributed by atoms with Crippen molar-refractivity contribution in [2.75, 3.05) is 47.5 Å². The van der Waals surface area contributed by atoms with E-state index in [2.05, 4.69) is 111 Å². The maximum Gasteiger partial charge on any atom is 0.361 e. The fraction of sp³-hybridized carbons (Fsp3) is 0.703. The number of likely N-dealkylation sites (N-methyl/N-ethyl adjacent to an activating group) is 1. The van der Waals surface area contributed by atoms with Crippen molar-refractivity contribution in [2.24, 2.45) is 0 Å². The van der Waals surface area contributed by atoms with Crippen LogP contribution in [0.25, 0.3) is 0 Å². The van der Waals surface area contributed by atoms with Gasteiger partial charge in [-0.25, -0.2) is 4.79 Å². The summed E-state index contributed by atoms with van der Waals surface area (Å²) in [4.78, 5) is 37.4. The van der Waals surface area contributed by atoms with Crippen molar-refractivity contribution in [3.05, 3.63) is 97.2 Å². The highest BCUT2D eigenvalue weighted by Crippen LogP contribution is 2.16. The summed E-state index contributed by atoms with van der Waals surface area (Å²) in [5, 5.41) is 9.69. The van der Waals surface area contributed by atoms with E-state index in [1.165, 1.54) is 128 Å². The van der Waals surface area contributed by atoms with Crippen molar-refractivity contribution in [3.63, 3.8) is 0 Å². The summed E-state index contributed by atoms with van der Waals surface area (Å²) in [5.74, 6) is -2.09. The Kier molecular flexibility index (Phi) is 51.6. The molecule has 2 atom stereocenters. The first kappa shape index (κ1) is 69.2. The largest absolute Gasteiger partial charge is 0.477 e. The first-order chi connectivity index (χ1) is 35.6. The lowest BCUT2D eigenvalue weighted by Gasteiger charge is -2.25. The van der Waals surface area contributed by atoms with Crippen molar-refractivity contribution in [2.45, 2.75) is 245 Å². The molecule has 0 radical (unpaired) electrons. The number of aliphatic carboxylic acids is 1. The molecule has 2 unspecified atom stereocenters. The zero-order valence-electron chi connectivity index (χ0n) is 47.5. The Bertz CT molecular complexity index is 1520. The fourth-order valence-corrected chi connectivity index (χ4v) is 7.82. The number of ether oxygens (including phenoxy) is 4. The monoisotopic (exact) mass is 1020 g/mol. The van der Waals surface area contributed by atoms with Gasteiger partial charge in [0.25, 0.3) is 6.29 Å². The van der Waals surface area contributed by atoms with Crippen molar-refractivity contribution >= 4 is 17.9 Å². The lowest BCUT2D eigenvalue weighted by atomic mass is 10.0.